The highest BCUT2D eigenvalue weighted by molar-refractivity contribution is 5.09. The molecule has 82 valence electrons. The zero-order valence-corrected chi connectivity index (χ0v) is 9.57. The molecule has 4 fully saturated rings. The number of hydrogen-bond acceptors (Lipinski definition) is 0. The van der Waals surface area contributed by atoms with E-state index in [1.807, 2.05) is 0 Å². The Morgan fingerprint density at radius 2 is 1.80 bits per heavy atom. The van der Waals surface area contributed by atoms with Crippen LogP contribution in [-0.2, 0) is 0 Å². The van der Waals surface area contributed by atoms with Gasteiger partial charge >= 0.3 is 0 Å². The number of fused-ring (bicyclic) bond motifs is 8. The first kappa shape index (κ1) is 8.84. The van der Waals surface area contributed by atoms with Crippen molar-refractivity contribution >= 4 is 0 Å². The van der Waals surface area contributed by atoms with Crippen molar-refractivity contribution in [1.29, 1.82) is 0 Å². The summed E-state index contributed by atoms with van der Waals surface area (Å²) in [5.41, 5.74) is 0. The SMILES string of the molecule is C=CC1CC2CC1C1C3CCC(C3)CC21. The van der Waals surface area contributed by atoms with E-state index in [4.69, 9.17) is 0 Å². The summed E-state index contributed by atoms with van der Waals surface area (Å²) < 4.78 is 0. The van der Waals surface area contributed by atoms with Gasteiger partial charge in [0.15, 0.2) is 0 Å². The molecule has 0 heteroatoms. The van der Waals surface area contributed by atoms with Crippen molar-refractivity contribution in [2.45, 2.75) is 38.5 Å². The van der Waals surface area contributed by atoms with E-state index < -0.39 is 0 Å². The molecule has 0 aromatic carbocycles. The van der Waals surface area contributed by atoms with Gasteiger partial charge in [-0.3, -0.25) is 0 Å². The highest BCUT2D eigenvalue weighted by Gasteiger charge is 2.57. The number of rotatable bonds is 1. The third kappa shape index (κ3) is 1.04. The Bertz CT molecular complexity index is 292. The van der Waals surface area contributed by atoms with Crippen LogP contribution in [0.25, 0.3) is 0 Å². The molecule has 0 radical (unpaired) electrons. The van der Waals surface area contributed by atoms with Crippen LogP contribution in [0.5, 0.6) is 0 Å². The molecule has 0 N–H and O–H groups in total. The molecular weight excluding hydrogens is 180 g/mol. The summed E-state index contributed by atoms with van der Waals surface area (Å²) in [6.45, 7) is 4.06. The van der Waals surface area contributed by atoms with E-state index in [0.29, 0.717) is 0 Å². The van der Waals surface area contributed by atoms with Crippen LogP contribution in [0.3, 0.4) is 0 Å². The second-order valence-electron chi connectivity index (χ2n) is 6.71. The van der Waals surface area contributed by atoms with Crippen molar-refractivity contribution in [3.8, 4) is 0 Å². The molecule has 0 aromatic heterocycles. The van der Waals surface area contributed by atoms with E-state index in [1.54, 1.807) is 32.1 Å². The van der Waals surface area contributed by atoms with Crippen LogP contribution in [0.4, 0.5) is 0 Å². The summed E-state index contributed by atoms with van der Waals surface area (Å²) in [5, 5.41) is 0. The molecule has 15 heavy (non-hydrogen) atoms. The maximum atomic E-state index is 4.06. The van der Waals surface area contributed by atoms with Gasteiger partial charge in [0.05, 0.1) is 0 Å². The topological polar surface area (TPSA) is 0 Å². The fourth-order valence-electron chi connectivity index (χ4n) is 5.95. The van der Waals surface area contributed by atoms with E-state index in [1.165, 1.54) is 6.42 Å². The van der Waals surface area contributed by atoms with E-state index in [0.717, 1.165) is 41.4 Å². The van der Waals surface area contributed by atoms with Gasteiger partial charge in [0.1, 0.15) is 0 Å². The fourth-order valence-corrected chi connectivity index (χ4v) is 5.95. The Morgan fingerprint density at radius 3 is 2.67 bits per heavy atom. The van der Waals surface area contributed by atoms with Crippen molar-refractivity contribution < 1.29 is 0 Å². The quantitative estimate of drug-likeness (QED) is 0.566. The monoisotopic (exact) mass is 202 g/mol. The predicted octanol–water partition coefficient (Wildman–Crippen LogP) is 3.88. The van der Waals surface area contributed by atoms with Crippen LogP contribution in [0, 0.1) is 41.4 Å². The lowest BCUT2D eigenvalue weighted by Crippen LogP contribution is -2.35. The second-order valence-corrected chi connectivity index (χ2v) is 6.71. The molecule has 7 unspecified atom stereocenters. The Kier molecular flexibility index (Phi) is 1.71. The van der Waals surface area contributed by atoms with Gasteiger partial charge in [-0.2, -0.15) is 0 Å². The zero-order valence-electron chi connectivity index (χ0n) is 9.57. The molecule has 7 atom stereocenters. The lowest BCUT2D eigenvalue weighted by molar-refractivity contribution is 0.0774. The van der Waals surface area contributed by atoms with E-state index in [9.17, 15) is 0 Å². The molecule has 4 aliphatic carbocycles. The van der Waals surface area contributed by atoms with Gasteiger partial charge in [0.2, 0.25) is 0 Å². The lowest BCUT2D eigenvalue weighted by Gasteiger charge is -2.42. The van der Waals surface area contributed by atoms with Crippen LogP contribution < -0.4 is 0 Å². The summed E-state index contributed by atoms with van der Waals surface area (Å²) >= 11 is 0. The molecular formula is C15H22. The van der Waals surface area contributed by atoms with Gasteiger partial charge in [-0.05, 0) is 73.5 Å². The van der Waals surface area contributed by atoms with Crippen LogP contribution in [0.1, 0.15) is 38.5 Å². The minimum absolute atomic E-state index is 0.897. The van der Waals surface area contributed by atoms with Gasteiger partial charge in [0, 0.05) is 0 Å². The molecule has 4 saturated carbocycles. The highest BCUT2D eigenvalue weighted by Crippen LogP contribution is 2.65. The van der Waals surface area contributed by atoms with Crippen molar-refractivity contribution in [3.05, 3.63) is 12.7 Å². The Balaban J connectivity index is 1.68. The lowest BCUT2D eigenvalue weighted by atomic mass is 9.63. The first-order valence-corrected chi connectivity index (χ1v) is 6.99. The molecule has 4 rings (SSSR count). The Hall–Kier alpha value is -0.260. The molecule has 0 nitrogen and oxygen atoms in total. The average molecular weight is 202 g/mol. The summed E-state index contributed by atoms with van der Waals surface area (Å²) in [4.78, 5) is 0. The minimum Gasteiger partial charge on any atom is -0.103 e. The molecule has 0 aromatic rings. The molecule has 0 aliphatic heterocycles. The normalized spacial score (nSPS) is 60.7. The molecule has 4 bridgehead atoms. The first-order chi connectivity index (χ1) is 7.36. The summed E-state index contributed by atoms with van der Waals surface area (Å²) in [7, 11) is 0. The number of allylic oxidation sites excluding steroid dienone is 1. The second kappa shape index (κ2) is 2.90. The third-order valence-electron chi connectivity index (χ3n) is 6.33. The smallest absolute Gasteiger partial charge is 0.0202 e. The fraction of sp³-hybridized carbons (Fsp3) is 0.867. The van der Waals surface area contributed by atoms with Gasteiger partial charge in [-0.1, -0.05) is 12.5 Å². The summed E-state index contributed by atoms with van der Waals surface area (Å²) in [5.74, 6) is 7.61. The van der Waals surface area contributed by atoms with E-state index >= 15 is 0 Å². The molecule has 0 spiro atoms. The van der Waals surface area contributed by atoms with Crippen LogP contribution in [0.2, 0.25) is 0 Å². The molecule has 4 aliphatic rings. The number of hydrogen-bond donors (Lipinski definition) is 0. The standard InChI is InChI=1S/C15H22/c1-2-10-7-12-8-14(10)15-11-4-3-9(5-11)6-13(12)15/h2,9-15H,1,3-8H2. The maximum Gasteiger partial charge on any atom is -0.0202 e. The molecule has 0 amide bonds. The highest BCUT2D eigenvalue weighted by atomic mass is 14.6. The van der Waals surface area contributed by atoms with Crippen molar-refractivity contribution in [2.75, 3.05) is 0 Å². The zero-order chi connectivity index (χ0) is 9.99. The Morgan fingerprint density at radius 1 is 0.867 bits per heavy atom. The molecule has 0 saturated heterocycles. The van der Waals surface area contributed by atoms with Crippen LogP contribution in [-0.4, -0.2) is 0 Å². The largest absolute Gasteiger partial charge is 0.103 e. The summed E-state index contributed by atoms with van der Waals surface area (Å²) in [6, 6.07) is 0. The molecule has 0 heterocycles. The predicted molar refractivity (Wildman–Crippen MR) is 62.3 cm³/mol. The van der Waals surface area contributed by atoms with Crippen LogP contribution >= 0.6 is 0 Å². The van der Waals surface area contributed by atoms with Gasteiger partial charge in [0.25, 0.3) is 0 Å². The van der Waals surface area contributed by atoms with Crippen molar-refractivity contribution in [1.82, 2.24) is 0 Å². The van der Waals surface area contributed by atoms with Gasteiger partial charge in [-0.25, -0.2) is 0 Å². The summed E-state index contributed by atoms with van der Waals surface area (Å²) in [6.07, 6.45) is 11.7. The first-order valence-electron chi connectivity index (χ1n) is 6.99. The van der Waals surface area contributed by atoms with Crippen molar-refractivity contribution in [3.63, 3.8) is 0 Å². The van der Waals surface area contributed by atoms with Crippen LogP contribution in [0.15, 0.2) is 12.7 Å². The van der Waals surface area contributed by atoms with Crippen molar-refractivity contribution in [2.24, 2.45) is 41.4 Å². The van der Waals surface area contributed by atoms with E-state index in [2.05, 4.69) is 12.7 Å². The minimum atomic E-state index is 0.897. The Labute approximate surface area is 93.1 Å². The van der Waals surface area contributed by atoms with Gasteiger partial charge < -0.3 is 0 Å². The third-order valence-corrected chi connectivity index (χ3v) is 6.33. The van der Waals surface area contributed by atoms with Gasteiger partial charge in [-0.15, -0.1) is 6.58 Å². The maximum absolute atomic E-state index is 4.06. The average Bonchev–Trinajstić information content (AvgIpc) is 2.92. The van der Waals surface area contributed by atoms with E-state index in [-0.39, 0.29) is 0 Å².